The van der Waals surface area contributed by atoms with Crippen molar-refractivity contribution in [3.05, 3.63) is 60.2 Å². The van der Waals surface area contributed by atoms with Crippen molar-refractivity contribution in [2.75, 3.05) is 31.7 Å². The molecule has 0 saturated carbocycles. The predicted octanol–water partition coefficient (Wildman–Crippen LogP) is 3.35. The summed E-state index contributed by atoms with van der Waals surface area (Å²) in [5, 5.41) is 2.83. The minimum absolute atomic E-state index is 0.0255. The van der Waals surface area contributed by atoms with E-state index in [9.17, 15) is 9.59 Å². The molecule has 1 saturated heterocycles. The maximum absolute atomic E-state index is 12.8. The van der Waals surface area contributed by atoms with Gasteiger partial charge in [-0.3, -0.25) is 9.59 Å². The Kier molecular flexibility index (Phi) is 6.31. The van der Waals surface area contributed by atoms with Gasteiger partial charge in [0, 0.05) is 17.8 Å². The van der Waals surface area contributed by atoms with Crippen LogP contribution >= 0.6 is 0 Å². The average Bonchev–Trinajstić information content (AvgIpc) is 2.68. The van der Waals surface area contributed by atoms with Gasteiger partial charge >= 0.3 is 0 Å². The van der Waals surface area contributed by atoms with Crippen LogP contribution in [0.3, 0.4) is 0 Å². The smallest absolute Gasteiger partial charge is 0.254 e. The fourth-order valence-corrected chi connectivity index (χ4v) is 3.09. The predicted molar refractivity (Wildman–Crippen MR) is 108 cm³/mol. The van der Waals surface area contributed by atoms with Gasteiger partial charge in [0.05, 0.1) is 31.8 Å². The van der Waals surface area contributed by atoms with Crippen LogP contribution in [0.5, 0.6) is 5.75 Å². The molecule has 0 bridgehead atoms. The van der Waals surface area contributed by atoms with Crippen molar-refractivity contribution in [3.8, 4) is 5.75 Å². The summed E-state index contributed by atoms with van der Waals surface area (Å²) in [5.74, 6) is 0.580. The quantitative estimate of drug-likeness (QED) is 0.832. The van der Waals surface area contributed by atoms with E-state index >= 15 is 0 Å². The summed E-state index contributed by atoms with van der Waals surface area (Å²) in [6.07, 6.45) is 0.248. The van der Waals surface area contributed by atoms with Crippen LogP contribution in [0.15, 0.2) is 54.6 Å². The molecule has 0 atom stereocenters. The van der Waals surface area contributed by atoms with Crippen molar-refractivity contribution in [2.45, 2.75) is 25.8 Å². The molecule has 3 rings (SSSR count). The number of para-hydroxylation sites is 1. The van der Waals surface area contributed by atoms with E-state index in [0.29, 0.717) is 37.6 Å². The van der Waals surface area contributed by atoms with Crippen molar-refractivity contribution in [2.24, 2.45) is 0 Å². The molecule has 148 valence electrons. The monoisotopic (exact) mass is 382 g/mol. The zero-order chi connectivity index (χ0) is 20.0. The standard InChI is InChI=1S/C22H26N2O4/c1-22(2)16-27-15-13-24(22)21(26)17-8-10-18(11-9-17)23-20(25)12-14-28-19-6-4-3-5-7-19/h3-11H,12-16H2,1-2H3,(H,23,25). The minimum Gasteiger partial charge on any atom is -0.493 e. The number of nitrogens with zero attached hydrogens (tertiary/aromatic N) is 1. The molecule has 1 heterocycles. The number of carbonyl (C=O) groups excluding carboxylic acids is 2. The summed E-state index contributed by atoms with van der Waals surface area (Å²) in [6, 6.07) is 16.4. The molecular weight excluding hydrogens is 356 g/mol. The van der Waals surface area contributed by atoms with Gasteiger partial charge in [-0.1, -0.05) is 18.2 Å². The Bertz CT molecular complexity index is 803. The number of benzene rings is 2. The summed E-state index contributed by atoms with van der Waals surface area (Å²) >= 11 is 0. The van der Waals surface area contributed by atoms with Gasteiger partial charge in [-0.2, -0.15) is 0 Å². The number of anilines is 1. The fraction of sp³-hybridized carbons (Fsp3) is 0.364. The lowest BCUT2D eigenvalue weighted by Gasteiger charge is -2.42. The molecule has 0 aliphatic carbocycles. The molecule has 1 aliphatic rings. The lowest BCUT2D eigenvalue weighted by atomic mass is 10.0. The largest absolute Gasteiger partial charge is 0.493 e. The van der Waals surface area contributed by atoms with Crippen LogP contribution in [-0.2, 0) is 9.53 Å². The molecule has 1 aliphatic heterocycles. The molecule has 0 spiro atoms. The Hall–Kier alpha value is -2.86. The fourth-order valence-electron chi connectivity index (χ4n) is 3.09. The number of hydrogen-bond donors (Lipinski definition) is 1. The summed E-state index contributed by atoms with van der Waals surface area (Å²) in [4.78, 5) is 26.7. The molecule has 1 fully saturated rings. The van der Waals surface area contributed by atoms with Crippen molar-refractivity contribution in [1.29, 1.82) is 0 Å². The van der Waals surface area contributed by atoms with Gasteiger partial charge in [0.15, 0.2) is 0 Å². The van der Waals surface area contributed by atoms with Crippen molar-refractivity contribution >= 4 is 17.5 Å². The molecule has 0 radical (unpaired) electrons. The van der Waals surface area contributed by atoms with E-state index in [0.717, 1.165) is 5.75 Å². The second-order valence-corrected chi connectivity index (χ2v) is 7.36. The number of carbonyl (C=O) groups is 2. The number of nitrogens with one attached hydrogen (secondary N) is 1. The Balaban J connectivity index is 1.51. The number of hydrogen-bond acceptors (Lipinski definition) is 4. The summed E-state index contributed by atoms with van der Waals surface area (Å²) in [5.41, 5.74) is 0.920. The Morgan fingerprint density at radius 2 is 1.82 bits per heavy atom. The van der Waals surface area contributed by atoms with Crippen molar-refractivity contribution in [1.82, 2.24) is 4.90 Å². The summed E-state index contributed by atoms with van der Waals surface area (Å²) < 4.78 is 11.0. The second-order valence-electron chi connectivity index (χ2n) is 7.36. The van der Waals surface area contributed by atoms with E-state index in [-0.39, 0.29) is 23.8 Å². The van der Waals surface area contributed by atoms with Crippen molar-refractivity contribution in [3.63, 3.8) is 0 Å². The van der Waals surface area contributed by atoms with E-state index in [1.807, 2.05) is 49.1 Å². The molecule has 6 heteroatoms. The maximum Gasteiger partial charge on any atom is 0.254 e. The minimum atomic E-state index is -0.332. The SMILES string of the molecule is CC1(C)COCCN1C(=O)c1ccc(NC(=O)CCOc2ccccc2)cc1. The number of ether oxygens (including phenoxy) is 2. The van der Waals surface area contributed by atoms with E-state index < -0.39 is 0 Å². The van der Waals surface area contributed by atoms with E-state index in [1.165, 1.54) is 0 Å². The van der Waals surface area contributed by atoms with Crippen LogP contribution < -0.4 is 10.1 Å². The van der Waals surface area contributed by atoms with Gasteiger partial charge in [-0.05, 0) is 50.2 Å². The lowest BCUT2D eigenvalue weighted by Crippen LogP contribution is -2.55. The highest BCUT2D eigenvalue weighted by atomic mass is 16.5. The van der Waals surface area contributed by atoms with Crippen LogP contribution in [-0.4, -0.2) is 48.6 Å². The second kappa shape index (κ2) is 8.89. The van der Waals surface area contributed by atoms with E-state index in [1.54, 1.807) is 24.3 Å². The Morgan fingerprint density at radius 1 is 1.11 bits per heavy atom. The van der Waals surface area contributed by atoms with Crippen LogP contribution in [0.25, 0.3) is 0 Å². The van der Waals surface area contributed by atoms with Gasteiger partial charge in [0.25, 0.3) is 5.91 Å². The molecule has 2 aromatic carbocycles. The molecule has 0 unspecified atom stereocenters. The van der Waals surface area contributed by atoms with Crippen LogP contribution in [0.2, 0.25) is 0 Å². The van der Waals surface area contributed by atoms with Gasteiger partial charge in [-0.15, -0.1) is 0 Å². The third kappa shape index (κ3) is 5.10. The molecule has 2 aromatic rings. The first-order valence-corrected chi connectivity index (χ1v) is 9.43. The topological polar surface area (TPSA) is 67.9 Å². The normalized spacial score (nSPS) is 15.7. The molecule has 6 nitrogen and oxygen atoms in total. The van der Waals surface area contributed by atoms with Crippen LogP contribution in [0, 0.1) is 0 Å². The first kappa shape index (κ1) is 19.9. The van der Waals surface area contributed by atoms with Gasteiger partial charge in [0.1, 0.15) is 5.75 Å². The Morgan fingerprint density at radius 3 is 2.50 bits per heavy atom. The van der Waals surface area contributed by atoms with Crippen molar-refractivity contribution < 1.29 is 19.1 Å². The van der Waals surface area contributed by atoms with Gasteiger partial charge < -0.3 is 19.7 Å². The average molecular weight is 382 g/mol. The molecule has 1 N–H and O–H groups in total. The molecular formula is C22H26N2O4. The highest BCUT2D eigenvalue weighted by Crippen LogP contribution is 2.22. The maximum atomic E-state index is 12.8. The third-order valence-electron chi connectivity index (χ3n) is 4.65. The molecule has 2 amide bonds. The summed E-state index contributed by atoms with van der Waals surface area (Å²) in [7, 11) is 0. The number of morpholine rings is 1. The highest BCUT2D eigenvalue weighted by Gasteiger charge is 2.34. The molecule has 28 heavy (non-hydrogen) atoms. The van der Waals surface area contributed by atoms with E-state index in [2.05, 4.69) is 5.32 Å². The highest BCUT2D eigenvalue weighted by molar-refractivity contribution is 5.96. The molecule has 0 aromatic heterocycles. The first-order valence-electron chi connectivity index (χ1n) is 9.43. The van der Waals surface area contributed by atoms with Crippen LogP contribution in [0.4, 0.5) is 5.69 Å². The zero-order valence-corrected chi connectivity index (χ0v) is 16.3. The third-order valence-corrected chi connectivity index (χ3v) is 4.65. The first-order chi connectivity index (χ1) is 13.5. The number of amides is 2. The zero-order valence-electron chi connectivity index (χ0n) is 16.3. The van der Waals surface area contributed by atoms with Gasteiger partial charge in [0.2, 0.25) is 5.91 Å². The van der Waals surface area contributed by atoms with Gasteiger partial charge in [-0.25, -0.2) is 0 Å². The number of rotatable bonds is 6. The Labute approximate surface area is 165 Å². The van der Waals surface area contributed by atoms with E-state index in [4.69, 9.17) is 9.47 Å². The summed E-state index contributed by atoms with van der Waals surface area (Å²) in [6.45, 7) is 5.95. The van der Waals surface area contributed by atoms with Crippen LogP contribution in [0.1, 0.15) is 30.6 Å². The lowest BCUT2D eigenvalue weighted by molar-refractivity contribution is -0.116.